The Balaban J connectivity index is 1.13. The summed E-state index contributed by atoms with van der Waals surface area (Å²) in [6, 6.07) is 6.76. The Labute approximate surface area is 316 Å². The van der Waals surface area contributed by atoms with E-state index in [9.17, 15) is 32.2 Å². The van der Waals surface area contributed by atoms with Crippen molar-refractivity contribution in [1.82, 2.24) is 4.31 Å². The Kier molecular flexibility index (Phi) is 8.00. The van der Waals surface area contributed by atoms with Crippen LogP contribution < -0.4 is 0 Å². The fourth-order valence-electron chi connectivity index (χ4n) is 13.9. The zero-order chi connectivity index (χ0) is 37.6. The number of sulfonamides is 1. The molecule has 0 radical (unpaired) electrons. The first-order valence-corrected chi connectivity index (χ1v) is 22.1. The van der Waals surface area contributed by atoms with Gasteiger partial charge in [0.05, 0.1) is 11.7 Å². The van der Waals surface area contributed by atoms with Crippen molar-refractivity contribution in [2.24, 2.45) is 56.7 Å². The highest BCUT2D eigenvalue weighted by atomic mass is 32.2. The van der Waals surface area contributed by atoms with Crippen LogP contribution >= 0.6 is 11.3 Å². The number of hydrogen-bond acceptors (Lipinski definition) is 6. The number of aliphatic hydroxyl groups excluding tert-OH is 1. The number of hydrogen-bond donors (Lipinski definition) is 2. The summed E-state index contributed by atoms with van der Waals surface area (Å²) in [7, 11) is -3.90. The van der Waals surface area contributed by atoms with Gasteiger partial charge in [-0.15, -0.1) is 11.3 Å². The molecule has 9 aliphatic carbocycles. The van der Waals surface area contributed by atoms with Crippen molar-refractivity contribution in [2.45, 2.75) is 108 Å². The SMILES string of the molecule is CC1(C)C2CCC(CN(CC3(O)CCC4C56C=CC7(C=C5C(=O)c5ccc(F)c(F)c5)CC(O)CCC7(C)C6CCC43C)S(=O)(=O)c3cccs3)C1C2. The lowest BCUT2D eigenvalue weighted by Crippen LogP contribution is -2.67. The molecule has 1 aromatic carbocycles. The summed E-state index contributed by atoms with van der Waals surface area (Å²) >= 11 is 1.21. The molecule has 2 N–H and O–H groups in total. The smallest absolute Gasteiger partial charge is 0.252 e. The van der Waals surface area contributed by atoms with E-state index in [2.05, 4.69) is 45.9 Å². The number of benzene rings is 1. The second kappa shape index (κ2) is 11.7. The molecular formula is C43H53F2NO5S2. The first-order chi connectivity index (χ1) is 24.9. The summed E-state index contributed by atoms with van der Waals surface area (Å²) in [5.74, 6) is -1.28. The predicted octanol–water partition coefficient (Wildman–Crippen LogP) is 8.56. The van der Waals surface area contributed by atoms with Gasteiger partial charge in [0.15, 0.2) is 17.4 Å². The number of allylic oxidation sites excluding steroid dienone is 4. The summed E-state index contributed by atoms with van der Waals surface area (Å²) in [5.41, 5.74) is -2.93. The molecule has 2 aromatic rings. The molecule has 11 unspecified atom stereocenters. The summed E-state index contributed by atoms with van der Waals surface area (Å²) in [5, 5.41) is 26.0. The van der Waals surface area contributed by atoms with Crippen molar-refractivity contribution < 1.29 is 32.2 Å². The average molecular weight is 766 g/mol. The standard InChI is InChI=1S/C43H53F2NO5S2/c1-38(2)28-9-7-27(30(38)21-28)24-46(53(50,51)36-6-5-19-52-36)25-42(49)16-13-35-40(42,4)15-12-34-39(3)14-11-29(47)22-41(39)17-18-43(34,35)31(23-41)37(48)26-8-10-32(44)33(45)20-26/h5-6,8,10,17-20,23,27-30,34-35,47,49H,7,9,11-16,21-22,24-25H2,1-4H3. The first-order valence-electron chi connectivity index (χ1n) is 19.8. The van der Waals surface area contributed by atoms with Gasteiger partial charge in [0.1, 0.15) is 4.21 Å². The average Bonchev–Trinajstić information content (AvgIpc) is 3.76. The van der Waals surface area contributed by atoms with Crippen LogP contribution in [0.15, 0.2) is 63.7 Å². The molecule has 2 spiro atoms. The van der Waals surface area contributed by atoms with Crippen LogP contribution in [0.5, 0.6) is 0 Å². The van der Waals surface area contributed by atoms with E-state index in [4.69, 9.17) is 0 Å². The molecule has 6 fully saturated rings. The van der Waals surface area contributed by atoms with Gasteiger partial charge in [-0.1, -0.05) is 52.0 Å². The van der Waals surface area contributed by atoms with Gasteiger partial charge in [-0.2, -0.15) is 4.31 Å². The Bertz CT molecular complexity index is 2030. The molecule has 4 bridgehead atoms. The van der Waals surface area contributed by atoms with Crippen LogP contribution in [0.25, 0.3) is 0 Å². The van der Waals surface area contributed by atoms with Crippen molar-refractivity contribution >= 4 is 27.1 Å². The number of aliphatic hydroxyl groups is 2. The lowest BCUT2D eigenvalue weighted by Gasteiger charge is -2.71. The number of halogens is 2. The molecule has 0 aliphatic heterocycles. The van der Waals surface area contributed by atoms with Gasteiger partial charge in [0.25, 0.3) is 10.0 Å². The lowest BCUT2D eigenvalue weighted by molar-refractivity contribution is -0.174. The second-order valence-corrected chi connectivity index (χ2v) is 22.3. The number of thiophene rings is 1. The number of ketones is 1. The molecule has 6 nitrogen and oxygen atoms in total. The van der Waals surface area contributed by atoms with E-state index in [1.165, 1.54) is 17.4 Å². The molecule has 10 heteroatoms. The van der Waals surface area contributed by atoms with Crippen LogP contribution in [0.1, 0.15) is 102 Å². The normalized spacial score (nSPS) is 43.5. The molecule has 11 rings (SSSR count). The van der Waals surface area contributed by atoms with Gasteiger partial charge in [-0.25, -0.2) is 17.2 Å². The number of fused-ring (bicyclic) bond motifs is 3. The first kappa shape index (κ1) is 36.4. The third kappa shape index (κ3) is 4.74. The molecule has 1 heterocycles. The highest BCUT2D eigenvalue weighted by Crippen LogP contribution is 2.78. The fraction of sp³-hybridized carbons (Fsp3) is 0.651. The highest BCUT2D eigenvalue weighted by Gasteiger charge is 2.74. The van der Waals surface area contributed by atoms with E-state index in [0.717, 1.165) is 37.8 Å². The molecule has 0 saturated heterocycles. The van der Waals surface area contributed by atoms with Gasteiger partial charge < -0.3 is 10.2 Å². The summed E-state index contributed by atoms with van der Waals surface area (Å²) in [6.07, 6.45) is 13.5. The molecule has 11 atom stereocenters. The van der Waals surface area contributed by atoms with Crippen LogP contribution in [0.2, 0.25) is 0 Å². The van der Waals surface area contributed by atoms with Crippen LogP contribution in [0.4, 0.5) is 8.78 Å². The molecular weight excluding hydrogens is 713 g/mol. The number of carbonyl (C=O) groups excluding carboxylic acids is 1. The summed E-state index contributed by atoms with van der Waals surface area (Å²) in [4.78, 5) is 14.8. The van der Waals surface area contributed by atoms with Crippen LogP contribution in [0.3, 0.4) is 0 Å². The molecule has 1 aromatic heterocycles. The predicted molar refractivity (Wildman–Crippen MR) is 200 cm³/mol. The molecule has 53 heavy (non-hydrogen) atoms. The van der Waals surface area contributed by atoms with Crippen molar-refractivity contribution in [1.29, 1.82) is 0 Å². The topological polar surface area (TPSA) is 94.9 Å². The fourth-order valence-corrected chi connectivity index (χ4v) is 16.6. The van der Waals surface area contributed by atoms with Gasteiger partial charge >= 0.3 is 0 Å². The monoisotopic (exact) mass is 765 g/mol. The second-order valence-electron chi connectivity index (χ2n) is 19.2. The van der Waals surface area contributed by atoms with Gasteiger partial charge in [-0.05, 0) is 134 Å². The minimum atomic E-state index is -3.90. The van der Waals surface area contributed by atoms with Gasteiger partial charge in [-0.3, -0.25) is 4.79 Å². The van der Waals surface area contributed by atoms with Crippen molar-refractivity contribution in [3.05, 3.63) is 76.7 Å². The number of Topliss-reactive ketones (excluding diaryl/α,β-unsaturated/α-hetero) is 1. The van der Waals surface area contributed by atoms with E-state index in [0.29, 0.717) is 66.7 Å². The minimum absolute atomic E-state index is 0.0126. The maximum atomic E-state index is 14.8. The van der Waals surface area contributed by atoms with Crippen LogP contribution in [0, 0.1) is 68.3 Å². The van der Waals surface area contributed by atoms with E-state index in [1.807, 2.05) is 0 Å². The summed E-state index contributed by atoms with van der Waals surface area (Å²) in [6.45, 7) is 9.42. The zero-order valence-corrected chi connectivity index (χ0v) is 32.9. The van der Waals surface area contributed by atoms with Crippen LogP contribution in [-0.4, -0.2) is 53.5 Å². The molecule has 0 amide bonds. The quantitative estimate of drug-likeness (QED) is 0.208. The van der Waals surface area contributed by atoms with Crippen LogP contribution in [-0.2, 0) is 10.0 Å². The van der Waals surface area contributed by atoms with E-state index >= 15 is 0 Å². The Morgan fingerprint density at radius 2 is 1.68 bits per heavy atom. The lowest BCUT2D eigenvalue weighted by atomic mass is 9.32. The summed E-state index contributed by atoms with van der Waals surface area (Å²) < 4.78 is 59.8. The Morgan fingerprint density at radius 3 is 2.38 bits per heavy atom. The molecule has 286 valence electrons. The van der Waals surface area contributed by atoms with Crippen molar-refractivity contribution in [3.8, 4) is 0 Å². The molecule has 9 aliphatic rings. The number of rotatable bonds is 8. The Hall–Kier alpha value is -2.24. The van der Waals surface area contributed by atoms with Gasteiger partial charge in [0.2, 0.25) is 0 Å². The van der Waals surface area contributed by atoms with E-state index in [1.54, 1.807) is 21.8 Å². The zero-order valence-electron chi connectivity index (χ0n) is 31.3. The Morgan fingerprint density at radius 1 is 0.943 bits per heavy atom. The maximum Gasteiger partial charge on any atom is 0.252 e. The number of carbonyl (C=O) groups is 1. The third-order valence-corrected chi connectivity index (χ3v) is 20.3. The van der Waals surface area contributed by atoms with Gasteiger partial charge in [0, 0.05) is 40.5 Å². The van der Waals surface area contributed by atoms with Crippen molar-refractivity contribution in [3.63, 3.8) is 0 Å². The van der Waals surface area contributed by atoms with E-state index < -0.39 is 49.6 Å². The largest absolute Gasteiger partial charge is 0.393 e. The van der Waals surface area contributed by atoms with E-state index in [-0.39, 0.29) is 46.5 Å². The van der Waals surface area contributed by atoms with Crippen molar-refractivity contribution in [2.75, 3.05) is 13.1 Å². The maximum absolute atomic E-state index is 14.8. The minimum Gasteiger partial charge on any atom is -0.393 e. The third-order valence-electron chi connectivity index (χ3n) is 17.1. The highest BCUT2D eigenvalue weighted by molar-refractivity contribution is 7.91. The number of nitrogens with zero attached hydrogens (tertiary/aromatic N) is 1. The molecule has 6 saturated carbocycles.